The van der Waals surface area contributed by atoms with Crippen molar-refractivity contribution in [1.82, 2.24) is 14.8 Å². The molecule has 1 aromatic heterocycles. The molecule has 0 bridgehead atoms. The van der Waals surface area contributed by atoms with Gasteiger partial charge in [-0.1, -0.05) is 23.7 Å². The van der Waals surface area contributed by atoms with Crippen LogP contribution in [0.4, 0.5) is 23.8 Å². The van der Waals surface area contributed by atoms with E-state index < -0.39 is 41.8 Å². The van der Waals surface area contributed by atoms with Gasteiger partial charge in [0.15, 0.2) is 0 Å². The van der Waals surface area contributed by atoms with E-state index in [1.165, 1.54) is 41.3 Å². The topological polar surface area (TPSA) is 66.0 Å². The Morgan fingerprint density at radius 1 is 1.07 bits per heavy atom. The summed E-state index contributed by atoms with van der Waals surface area (Å²) < 4.78 is 48.3. The minimum atomic E-state index is -1.40. The molecule has 2 aromatic carbocycles. The van der Waals surface area contributed by atoms with Gasteiger partial charge in [0.25, 0.3) is 0 Å². The second-order valence-corrected chi connectivity index (χ2v) is 10.7. The maximum absolute atomic E-state index is 15.4. The van der Waals surface area contributed by atoms with Gasteiger partial charge in [0, 0.05) is 38.3 Å². The van der Waals surface area contributed by atoms with E-state index in [0.717, 1.165) is 0 Å². The average molecular weight is 587 g/mol. The SMILES string of the molecule is CCN(C(=O)Oc1ccc(F)cc1)[C@@H]1CN(C(=O)C2CCN(c3ccccn3)CC2F)C[C@H]1c1ccc(F)c(Cl)c1. The molecule has 41 heavy (non-hydrogen) atoms. The van der Waals surface area contributed by atoms with E-state index >= 15 is 4.39 Å². The predicted octanol–water partition coefficient (Wildman–Crippen LogP) is 5.69. The maximum atomic E-state index is 15.4. The van der Waals surface area contributed by atoms with Crippen molar-refractivity contribution >= 4 is 29.4 Å². The molecule has 2 aliphatic rings. The second-order valence-electron chi connectivity index (χ2n) is 10.2. The minimum absolute atomic E-state index is 0.0484. The fourth-order valence-corrected chi connectivity index (χ4v) is 5.87. The van der Waals surface area contributed by atoms with Crippen LogP contribution in [0.3, 0.4) is 0 Å². The van der Waals surface area contributed by atoms with E-state index in [4.69, 9.17) is 16.3 Å². The molecule has 0 spiro atoms. The van der Waals surface area contributed by atoms with Crippen LogP contribution >= 0.6 is 11.6 Å². The van der Waals surface area contributed by atoms with Crippen LogP contribution in [-0.4, -0.2) is 71.7 Å². The molecule has 2 saturated heterocycles. The third-order valence-electron chi connectivity index (χ3n) is 7.80. The lowest BCUT2D eigenvalue weighted by molar-refractivity contribution is -0.137. The number of anilines is 1. The summed E-state index contributed by atoms with van der Waals surface area (Å²) in [6.07, 6.45) is -0.119. The summed E-state index contributed by atoms with van der Waals surface area (Å²) >= 11 is 6.09. The quantitative estimate of drug-likeness (QED) is 0.371. The summed E-state index contributed by atoms with van der Waals surface area (Å²) in [5, 5.41) is -0.0753. The molecule has 7 nitrogen and oxygen atoms in total. The molecule has 0 saturated carbocycles. The molecular formula is C30H30ClF3N4O3. The lowest BCUT2D eigenvalue weighted by Gasteiger charge is -2.36. The number of carbonyl (C=O) groups excluding carboxylic acids is 2. The Labute approximate surface area is 241 Å². The minimum Gasteiger partial charge on any atom is -0.410 e. The molecule has 2 aliphatic heterocycles. The second kappa shape index (κ2) is 12.4. The van der Waals surface area contributed by atoms with Gasteiger partial charge in [-0.05, 0) is 67.4 Å². The van der Waals surface area contributed by atoms with E-state index in [0.29, 0.717) is 24.3 Å². The van der Waals surface area contributed by atoms with Crippen LogP contribution < -0.4 is 9.64 Å². The van der Waals surface area contributed by atoms with Crippen LogP contribution in [0.15, 0.2) is 66.9 Å². The molecule has 0 aliphatic carbocycles. The number of likely N-dealkylation sites (N-methyl/N-ethyl adjacent to an activating group) is 1. The van der Waals surface area contributed by atoms with Crippen molar-refractivity contribution < 1.29 is 27.5 Å². The van der Waals surface area contributed by atoms with Gasteiger partial charge in [-0.2, -0.15) is 0 Å². The molecule has 3 aromatic rings. The zero-order valence-corrected chi connectivity index (χ0v) is 23.2. The Bertz CT molecular complexity index is 1380. The molecule has 11 heteroatoms. The molecule has 4 atom stereocenters. The number of amides is 2. The highest BCUT2D eigenvalue weighted by atomic mass is 35.5. The third kappa shape index (κ3) is 6.27. The van der Waals surface area contributed by atoms with Gasteiger partial charge >= 0.3 is 6.09 Å². The van der Waals surface area contributed by atoms with E-state index in [1.807, 2.05) is 17.0 Å². The number of hydrogen-bond acceptors (Lipinski definition) is 5. The first kappa shape index (κ1) is 28.7. The number of alkyl halides is 1. The van der Waals surface area contributed by atoms with E-state index in [1.54, 1.807) is 30.2 Å². The Hall–Kier alpha value is -3.79. The van der Waals surface area contributed by atoms with Gasteiger partial charge in [0.05, 0.1) is 23.5 Å². The first-order chi connectivity index (χ1) is 19.7. The lowest BCUT2D eigenvalue weighted by atomic mass is 9.92. The number of piperidine rings is 1. The Morgan fingerprint density at radius 3 is 2.51 bits per heavy atom. The van der Waals surface area contributed by atoms with Crippen LogP contribution in [-0.2, 0) is 4.79 Å². The summed E-state index contributed by atoms with van der Waals surface area (Å²) in [6.45, 7) is 2.87. The van der Waals surface area contributed by atoms with Crippen molar-refractivity contribution in [2.45, 2.75) is 31.5 Å². The van der Waals surface area contributed by atoms with Crippen molar-refractivity contribution in [3.05, 3.63) is 89.1 Å². The summed E-state index contributed by atoms with van der Waals surface area (Å²) in [5.74, 6) is -1.82. The van der Waals surface area contributed by atoms with Crippen molar-refractivity contribution in [2.24, 2.45) is 5.92 Å². The smallest absolute Gasteiger partial charge is 0.410 e. The number of nitrogens with zero attached hydrogens (tertiary/aromatic N) is 4. The van der Waals surface area contributed by atoms with Crippen LogP contribution in [0.1, 0.15) is 24.8 Å². The number of pyridine rings is 1. The molecular weight excluding hydrogens is 557 g/mol. The third-order valence-corrected chi connectivity index (χ3v) is 8.09. The van der Waals surface area contributed by atoms with Gasteiger partial charge in [-0.25, -0.2) is 22.9 Å². The Morgan fingerprint density at radius 2 is 1.85 bits per heavy atom. The van der Waals surface area contributed by atoms with E-state index in [-0.39, 0.29) is 42.9 Å². The molecule has 5 rings (SSSR count). The fourth-order valence-electron chi connectivity index (χ4n) is 5.68. The first-order valence-corrected chi connectivity index (χ1v) is 13.9. The number of benzene rings is 2. The molecule has 2 amide bonds. The van der Waals surface area contributed by atoms with Gasteiger partial charge in [-0.3, -0.25) is 4.79 Å². The van der Waals surface area contributed by atoms with Crippen LogP contribution in [0.2, 0.25) is 5.02 Å². The number of ether oxygens (including phenoxy) is 1. The Kier molecular flexibility index (Phi) is 8.68. The van der Waals surface area contributed by atoms with Crippen LogP contribution in [0.25, 0.3) is 0 Å². The average Bonchev–Trinajstić information content (AvgIpc) is 3.41. The van der Waals surface area contributed by atoms with Crippen molar-refractivity contribution in [2.75, 3.05) is 37.6 Å². The first-order valence-electron chi connectivity index (χ1n) is 13.5. The molecule has 2 fully saturated rings. The summed E-state index contributed by atoms with van der Waals surface area (Å²) in [7, 11) is 0. The zero-order chi connectivity index (χ0) is 29.1. The van der Waals surface area contributed by atoms with Gasteiger partial charge in [-0.15, -0.1) is 0 Å². The van der Waals surface area contributed by atoms with Gasteiger partial charge in [0.2, 0.25) is 5.91 Å². The lowest BCUT2D eigenvalue weighted by Crippen LogP contribution is -2.50. The number of halogens is 4. The normalized spacial score (nSPS) is 22.5. The fraction of sp³-hybridized carbons (Fsp3) is 0.367. The summed E-state index contributed by atoms with van der Waals surface area (Å²) in [6, 6.07) is 14.3. The van der Waals surface area contributed by atoms with Gasteiger partial charge < -0.3 is 19.4 Å². The highest BCUT2D eigenvalue weighted by Crippen LogP contribution is 2.36. The molecule has 0 N–H and O–H groups in total. The van der Waals surface area contributed by atoms with Crippen LogP contribution in [0, 0.1) is 17.6 Å². The number of hydrogen-bond donors (Lipinski definition) is 0. The number of carbonyl (C=O) groups is 2. The standard InChI is InChI=1S/C30H30ClF3N4O3/c1-2-38(30(40)41-21-9-7-20(32)8-10-21)27-18-37(16-23(27)19-6-11-25(33)24(31)15-19)29(39)22-12-14-36(17-26(22)34)28-5-3-4-13-35-28/h3-11,13,15,22-23,26-27H,2,12,14,16-18H2,1H3/t22?,23-,26?,27+/m0/s1. The number of likely N-dealkylation sites (tertiary alicyclic amines) is 1. The molecule has 216 valence electrons. The summed E-state index contributed by atoms with van der Waals surface area (Å²) in [4.78, 5) is 36.1. The largest absolute Gasteiger partial charge is 0.415 e. The molecule has 3 heterocycles. The predicted molar refractivity (Wildman–Crippen MR) is 149 cm³/mol. The zero-order valence-electron chi connectivity index (χ0n) is 22.4. The van der Waals surface area contributed by atoms with Crippen molar-refractivity contribution in [3.63, 3.8) is 0 Å². The van der Waals surface area contributed by atoms with Crippen LogP contribution in [0.5, 0.6) is 5.75 Å². The van der Waals surface area contributed by atoms with Gasteiger partial charge in [0.1, 0.15) is 29.4 Å². The van der Waals surface area contributed by atoms with Crippen molar-refractivity contribution in [3.8, 4) is 5.75 Å². The van der Waals surface area contributed by atoms with E-state index in [2.05, 4.69) is 4.98 Å². The van der Waals surface area contributed by atoms with Crippen molar-refractivity contribution in [1.29, 1.82) is 0 Å². The summed E-state index contributed by atoms with van der Waals surface area (Å²) in [5.41, 5.74) is 0.645. The molecule has 0 radical (unpaired) electrons. The molecule has 2 unspecified atom stereocenters. The highest BCUT2D eigenvalue weighted by molar-refractivity contribution is 6.30. The Balaban J connectivity index is 1.36. The van der Waals surface area contributed by atoms with E-state index in [9.17, 15) is 18.4 Å². The number of aromatic nitrogens is 1. The highest BCUT2D eigenvalue weighted by Gasteiger charge is 2.45. The maximum Gasteiger partial charge on any atom is 0.415 e. The monoisotopic (exact) mass is 586 g/mol. The number of rotatable bonds is 6.